The zero-order chi connectivity index (χ0) is 12.1. The molecule has 0 aliphatic carbocycles. The third-order valence-electron chi connectivity index (χ3n) is 2.80. The average molecular weight is 298 g/mol. The first-order valence-corrected chi connectivity index (χ1v) is 7.01. The van der Waals surface area contributed by atoms with Gasteiger partial charge < -0.3 is 10.1 Å². The number of ether oxygens (including phenoxy) is 1. The highest BCUT2D eigenvalue weighted by atomic mass is 79.9. The van der Waals surface area contributed by atoms with Gasteiger partial charge in [0, 0.05) is 18.3 Å². The van der Waals surface area contributed by atoms with E-state index in [2.05, 4.69) is 21.2 Å². The van der Waals surface area contributed by atoms with Crippen LogP contribution in [0.1, 0.15) is 18.4 Å². The van der Waals surface area contributed by atoms with Crippen LogP contribution < -0.4 is 10.1 Å². The second-order valence-corrected chi connectivity index (χ2v) is 4.90. The number of rotatable bonds is 5. The van der Waals surface area contributed by atoms with Gasteiger partial charge in [0.05, 0.1) is 0 Å². The number of carbonyl (C=O) groups is 1. The standard InChI is InChI=1S/C13H16BrNO2/c14-7-3-4-8-15-13(16)12-9-10-5-1-2-6-11(10)17-12/h1-2,5-6,12H,3-4,7-9H2,(H,15,16). The first-order chi connectivity index (χ1) is 8.31. The molecule has 1 unspecified atom stereocenters. The fourth-order valence-corrected chi connectivity index (χ4v) is 2.27. The molecule has 1 aromatic carbocycles. The summed E-state index contributed by atoms with van der Waals surface area (Å²) in [7, 11) is 0. The van der Waals surface area contributed by atoms with Crippen molar-refractivity contribution in [1.82, 2.24) is 5.32 Å². The maximum Gasteiger partial charge on any atom is 0.261 e. The Hall–Kier alpha value is -1.03. The molecule has 1 aliphatic heterocycles. The molecule has 1 aromatic rings. The van der Waals surface area contributed by atoms with E-state index < -0.39 is 0 Å². The molecule has 2 rings (SSSR count). The molecule has 0 radical (unpaired) electrons. The summed E-state index contributed by atoms with van der Waals surface area (Å²) in [6.07, 6.45) is 2.40. The van der Waals surface area contributed by atoms with Gasteiger partial charge in [-0.25, -0.2) is 0 Å². The highest BCUT2D eigenvalue weighted by molar-refractivity contribution is 9.09. The molecule has 1 heterocycles. The van der Waals surface area contributed by atoms with E-state index in [0.717, 1.165) is 36.0 Å². The summed E-state index contributed by atoms with van der Waals surface area (Å²) in [5.74, 6) is 0.837. The van der Waals surface area contributed by atoms with Gasteiger partial charge in [0.15, 0.2) is 6.10 Å². The van der Waals surface area contributed by atoms with E-state index in [-0.39, 0.29) is 12.0 Å². The van der Waals surface area contributed by atoms with E-state index in [4.69, 9.17) is 4.74 Å². The Labute approximate surface area is 110 Å². The van der Waals surface area contributed by atoms with E-state index in [1.54, 1.807) is 0 Å². The zero-order valence-electron chi connectivity index (χ0n) is 9.62. The molecule has 3 nitrogen and oxygen atoms in total. The summed E-state index contributed by atoms with van der Waals surface area (Å²) in [5.41, 5.74) is 1.12. The van der Waals surface area contributed by atoms with Crippen LogP contribution in [-0.4, -0.2) is 23.9 Å². The van der Waals surface area contributed by atoms with Gasteiger partial charge in [-0.3, -0.25) is 4.79 Å². The Morgan fingerprint density at radius 2 is 2.24 bits per heavy atom. The number of alkyl halides is 1. The Morgan fingerprint density at radius 3 is 3.00 bits per heavy atom. The summed E-state index contributed by atoms with van der Waals surface area (Å²) >= 11 is 3.36. The van der Waals surface area contributed by atoms with Crippen molar-refractivity contribution in [3.05, 3.63) is 29.8 Å². The van der Waals surface area contributed by atoms with Gasteiger partial charge in [0.25, 0.3) is 5.91 Å². The second kappa shape index (κ2) is 6.05. The third-order valence-corrected chi connectivity index (χ3v) is 3.36. The fraction of sp³-hybridized carbons (Fsp3) is 0.462. The lowest BCUT2D eigenvalue weighted by atomic mass is 10.1. The molecule has 92 valence electrons. The Bertz CT molecular complexity index is 370. The normalized spacial score (nSPS) is 17.4. The molecule has 0 bridgehead atoms. The molecule has 17 heavy (non-hydrogen) atoms. The van der Waals surface area contributed by atoms with Gasteiger partial charge in [0.2, 0.25) is 0 Å². The molecule has 4 heteroatoms. The minimum Gasteiger partial charge on any atom is -0.480 e. The maximum atomic E-state index is 11.8. The highest BCUT2D eigenvalue weighted by Crippen LogP contribution is 2.27. The number of nitrogens with one attached hydrogen (secondary N) is 1. The maximum absolute atomic E-state index is 11.8. The second-order valence-electron chi connectivity index (χ2n) is 4.11. The number of unbranched alkanes of at least 4 members (excludes halogenated alkanes) is 1. The number of amides is 1. The van der Waals surface area contributed by atoms with Crippen molar-refractivity contribution in [3.63, 3.8) is 0 Å². The van der Waals surface area contributed by atoms with Crippen molar-refractivity contribution in [2.24, 2.45) is 0 Å². The van der Waals surface area contributed by atoms with Gasteiger partial charge in [0.1, 0.15) is 5.75 Å². The van der Waals surface area contributed by atoms with Crippen LogP contribution in [0, 0.1) is 0 Å². The molecular formula is C13H16BrNO2. The average Bonchev–Trinajstić information content (AvgIpc) is 2.78. The SMILES string of the molecule is O=C(NCCCCBr)C1Cc2ccccc2O1. The van der Waals surface area contributed by atoms with Crippen molar-refractivity contribution >= 4 is 21.8 Å². The predicted octanol–water partition coefficient (Wildman–Crippen LogP) is 2.28. The molecule has 0 aromatic heterocycles. The smallest absolute Gasteiger partial charge is 0.261 e. The van der Waals surface area contributed by atoms with Crippen molar-refractivity contribution in [2.45, 2.75) is 25.4 Å². The lowest BCUT2D eigenvalue weighted by molar-refractivity contribution is -0.127. The van der Waals surface area contributed by atoms with Crippen LogP contribution in [0.3, 0.4) is 0 Å². The molecule has 1 atom stereocenters. The van der Waals surface area contributed by atoms with Crippen molar-refractivity contribution in [2.75, 3.05) is 11.9 Å². The van der Waals surface area contributed by atoms with Crippen LogP contribution in [0.5, 0.6) is 5.75 Å². The van der Waals surface area contributed by atoms with Crippen LogP contribution in [0.25, 0.3) is 0 Å². The largest absolute Gasteiger partial charge is 0.480 e. The minimum atomic E-state index is -0.351. The molecular weight excluding hydrogens is 282 g/mol. The molecule has 1 amide bonds. The van der Waals surface area contributed by atoms with E-state index in [9.17, 15) is 4.79 Å². The van der Waals surface area contributed by atoms with Gasteiger partial charge in [-0.05, 0) is 24.5 Å². The Morgan fingerprint density at radius 1 is 1.41 bits per heavy atom. The lowest BCUT2D eigenvalue weighted by Crippen LogP contribution is -2.37. The van der Waals surface area contributed by atoms with Crippen LogP contribution in [0.15, 0.2) is 24.3 Å². The fourth-order valence-electron chi connectivity index (χ4n) is 1.87. The number of fused-ring (bicyclic) bond motifs is 1. The number of benzene rings is 1. The minimum absolute atomic E-state index is 0.00391. The first-order valence-electron chi connectivity index (χ1n) is 5.89. The monoisotopic (exact) mass is 297 g/mol. The van der Waals surface area contributed by atoms with Gasteiger partial charge >= 0.3 is 0 Å². The van der Waals surface area contributed by atoms with Gasteiger partial charge in [-0.2, -0.15) is 0 Å². The summed E-state index contributed by atoms with van der Waals surface area (Å²) in [6, 6.07) is 7.81. The van der Waals surface area contributed by atoms with Crippen LogP contribution >= 0.6 is 15.9 Å². The first kappa shape index (κ1) is 12.4. The molecule has 0 saturated heterocycles. The third kappa shape index (κ3) is 3.22. The van der Waals surface area contributed by atoms with Crippen molar-refractivity contribution in [1.29, 1.82) is 0 Å². The number of para-hydroxylation sites is 1. The quantitative estimate of drug-likeness (QED) is 0.669. The lowest BCUT2D eigenvalue weighted by Gasteiger charge is -2.10. The van der Waals surface area contributed by atoms with Crippen molar-refractivity contribution < 1.29 is 9.53 Å². The number of hydrogen-bond donors (Lipinski definition) is 1. The summed E-state index contributed by atoms with van der Waals surface area (Å²) in [4.78, 5) is 11.8. The zero-order valence-corrected chi connectivity index (χ0v) is 11.2. The molecule has 0 fully saturated rings. The predicted molar refractivity (Wildman–Crippen MR) is 70.6 cm³/mol. The summed E-state index contributed by atoms with van der Waals surface area (Å²) in [6.45, 7) is 0.723. The number of hydrogen-bond acceptors (Lipinski definition) is 2. The number of carbonyl (C=O) groups excluding carboxylic acids is 1. The van der Waals surface area contributed by atoms with E-state index in [0.29, 0.717) is 6.42 Å². The molecule has 1 aliphatic rings. The Balaban J connectivity index is 1.80. The van der Waals surface area contributed by atoms with E-state index in [1.165, 1.54) is 0 Å². The van der Waals surface area contributed by atoms with Crippen LogP contribution in [0.4, 0.5) is 0 Å². The van der Waals surface area contributed by atoms with Crippen LogP contribution in [0.2, 0.25) is 0 Å². The highest BCUT2D eigenvalue weighted by Gasteiger charge is 2.28. The van der Waals surface area contributed by atoms with Gasteiger partial charge in [-0.15, -0.1) is 0 Å². The summed E-state index contributed by atoms with van der Waals surface area (Å²) < 4.78 is 5.60. The Kier molecular flexibility index (Phi) is 4.42. The molecule has 0 spiro atoms. The van der Waals surface area contributed by atoms with E-state index in [1.807, 2.05) is 24.3 Å². The van der Waals surface area contributed by atoms with E-state index >= 15 is 0 Å². The number of halogens is 1. The summed E-state index contributed by atoms with van der Waals surface area (Å²) in [5, 5.41) is 3.89. The van der Waals surface area contributed by atoms with Crippen LogP contribution in [-0.2, 0) is 11.2 Å². The molecule has 1 N–H and O–H groups in total. The molecule has 0 saturated carbocycles. The van der Waals surface area contributed by atoms with Crippen molar-refractivity contribution in [3.8, 4) is 5.75 Å². The topological polar surface area (TPSA) is 38.3 Å². The van der Waals surface area contributed by atoms with Gasteiger partial charge in [-0.1, -0.05) is 34.1 Å².